The van der Waals surface area contributed by atoms with Crippen LogP contribution in [0.2, 0.25) is 0 Å². The summed E-state index contributed by atoms with van der Waals surface area (Å²) in [6, 6.07) is 14.7. The second-order valence-corrected chi connectivity index (χ2v) is 8.01. The lowest BCUT2D eigenvalue weighted by Crippen LogP contribution is -2.32. The normalized spacial score (nSPS) is 16.4. The number of hydrogen-bond acceptors (Lipinski definition) is 2. The van der Waals surface area contributed by atoms with Crippen LogP contribution in [0.25, 0.3) is 0 Å². The Labute approximate surface area is 183 Å². The highest BCUT2D eigenvalue weighted by atomic mass is 19.4. The molecule has 3 aromatic rings. The lowest BCUT2D eigenvalue weighted by atomic mass is 10.0. The highest BCUT2D eigenvalue weighted by Crippen LogP contribution is 2.32. The summed E-state index contributed by atoms with van der Waals surface area (Å²) in [6.45, 7) is 0.637. The molecule has 1 amide bonds. The first-order chi connectivity index (χ1) is 15.3. The van der Waals surface area contributed by atoms with Crippen LogP contribution in [0.1, 0.15) is 46.8 Å². The van der Waals surface area contributed by atoms with E-state index >= 15 is 0 Å². The van der Waals surface area contributed by atoms with Gasteiger partial charge in [-0.25, -0.2) is 4.39 Å². The number of carbonyl (C=O) groups excluding carboxylic acids is 1. The van der Waals surface area contributed by atoms with E-state index in [2.05, 4.69) is 4.98 Å². The van der Waals surface area contributed by atoms with Gasteiger partial charge in [-0.3, -0.25) is 9.78 Å². The monoisotopic (exact) mass is 442 g/mol. The Morgan fingerprint density at radius 2 is 1.75 bits per heavy atom. The number of benzene rings is 2. The number of amides is 1. The van der Waals surface area contributed by atoms with Crippen molar-refractivity contribution in [3.8, 4) is 0 Å². The van der Waals surface area contributed by atoms with Crippen molar-refractivity contribution in [1.29, 1.82) is 0 Å². The standard InChI is InChI=1S/C25H22F4N2O/c26-21-9-6-17(7-10-21)15-24(32)31-12-2-5-23(31)22-11-8-19(16-30-22)13-18-3-1-4-20(14-18)25(27,28)29/h1,3-4,6-11,14,16,23H,2,5,12-13,15H2/t23-/m0/s1. The van der Waals surface area contributed by atoms with Gasteiger partial charge in [0, 0.05) is 12.7 Å². The molecule has 0 bridgehead atoms. The van der Waals surface area contributed by atoms with E-state index in [1.807, 2.05) is 12.1 Å². The Bertz CT molecular complexity index is 1080. The third-order valence-corrected chi connectivity index (χ3v) is 5.69. The maximum atomic E-state index is 13.1. The quantitative estimate of drug-likeness (QED) is 0.473. The number of likely N-dealkylation sites (tertiary alicyclic amines) is 1. The number of rotatable bonds is 5. The number of hydrogen-bond donors (Lipinski definition) is 0. The molecule has 1 atom stereocenters. The van der Waals surface area contributed by atoms with E-state index < -0.39 is 11.7 Å². The average molecular weight is 442 g/mol. The van der Waals surface area contributed by atoms with Crippen molar-refractivity contribution in [3.63, 3.8) is 0 Å². The maximum Gasteiger partial charge on any atom is 0.416 e. The molecule has 0 unspecified atom stereocenters. The molecular formula is C25H22F4N2O. The van der Waals surface area contributed by atoms with E-state index in [-0.39, 0.29) is 24.2 Å². The lowest BCUT2D eigenvalue weighted by Gasteiger charge is -2.24. The third-order valence-electron chi connectivity index (χ3n) is 5.69. The van der Waals surface area contributed by atoms with Crippen molar-refractivity contribution >= 4 is 5.91 Å². The Hall–Kier alpha value is -3.22. The molecule has 0 radical (unpaired) electrons. The largest absolute Gasteiger partial charge is 0.416 e. The van der Waals surface area contributed by atoms with Crippen LogP contribution in [0.15, 0.2) is 66.9 Å². The minimum atomic E-state index is -4.37. The summed E-state index contributed by atoms with van der Waals surface area (Å²) in [5.74, 6) is -0.372. The summed E-state index contributed by atoms with van der Waals surface area (Å²) in [7, 11) is 0. The maximum absolute atomic E-state index is 13.1. The fourth-order valence-electron chi connectivity index (χ4n) is 4.08. The van der Waals surface area contributed by atoms with E-state index in [4.69, 9.17) is 0 Å². The summed E-state index contributed by atoms with van der Waals surface area (Å²) in [5, 5.41) is 0. The van der Waals surface area contributed by atoms with Crippen LogP contribution >= 0.6 is 0 Å². The number of aromatic nitrogens is 1. The van der Waals surface area contributed by atoms with Gasteiger partial charge in [0.15, 0.2) is 0 Å². The second kappa shape index (κ2) is 9.10. The zero-order chi connectivity index (χ0) is 22.7. The molecule has 2 heterocycles. The molecule has 1 aliphatic rings. The van der Waals surface area contributed by atoms with Crippen LogP contribution in [0.4, 0.5) is 17.6 Å². The summed E-state index contributed by atoms with van der Waals surface area (Å²) in [5.41, 5.74) is 2.22. The zero-order valence-electron chi connectivity index (χ0n) is 17.3. The minimum Gasteiger partial charge on any atom is -0.334 e. The van der Waals surface area contributed by atoms with Gasteiger partial charge < -0.3 is 4.90 Å². The number of halogens is 4. The second-order valence-electron chi connectivity index (χ2n) is 8.01. The summed E-state index contributed by atoms with van der Waals surface area (Å²) in [4.78, 5) is 19.1. The molecule has 1 fully saturated rings. The number of alkyl halides is 3. The Morgan fingerprint density at radius 3 is 2.44 bits per heavy atom. The molecule has 3 nitrogen and oxygen atoms in total. The van der Waals surface area contributed by atoms with Crippen molar-refractivity contribution in [2.45, 2.75) is 37.9 Å². The summed E-state index contributed by atoms with van der Waals surface area (Å²) >= 11 is 0. The SMILES string of the molecule is O=C(Cc1ccc(F)cc1)N1CCC[C@H]1c1ccc(Cc2cccc(C(F)(F)F)c2)cn1. The molecule has 4 rings (SSSR count). The van der Waals surface area contributed by atoms with Crippen LogP contribution < -0.4 is 0 Å². The molecule has 7 heteroatoms. The van der Waals surface area contributed by atoms with E-state index in [9.17, 15) is 22.4 Å². The van der Waals surface area contributed by atoms with E-state index in [0.29, 0.717) is 18.5 Å². The number of carbonyl (C=O) groups is 1. The molecule has 2 aromatic carbocycles. The molecule has 0 N–H and O–H groups in total. The molecular weight excluding hydrogens is 420 g/mol. The van der Waals surface area contributed by atoms with Gasteiger partial charge in [0.1, 0.15) is 5.82 Å². The van der Waals surface area contributed by atoms with Gasteiger partial charge in [-0.05, 0) is 60.2 Å². The van der Waals surface area contributed by atoms with Gasteiger partial charge in [-0.15, -0.1) is 0 Å². The zero-order valence-corrected chi connectivity index (χ0v) is 17.3. The summed E-state index contributed by atoms with van der Waals surface area (Å²) in [6.07, 6.45) is -0.497. The topological polar surface area (TPSA) is 33.2 Å². The van der Waals surface area contributed by atoms with Gasteiger partial charge >= 0.3 is 6.18 Å². The van der Waals surface area contributed by atoms with Crippen LogP contribution in [0.3, 0.4) is 0 Å². The fourth-order valence-corrected chi connectivity index (χ4v) is 4.08. The van der Waals surface area contributed by atoms with Crippen LogP contribution in [-0.2, 0) is 23.8 Å². The first-order valence-corrected chi connectivity index (χ1v) is 10.4. The highest BCUT2D eigenvalue weighted by Gasteiger charge is 2.31. The van der Waals surface area contributed by atoms with Crippen molar-refractivity contribution in [2.24, 2.45) is 0 Å². The minimum absolute atomic E-state index is 0.0334. The first-order valence-electron chi connectivity index (χ1n) is 10.4. The molecule has 1 saturated heterocycles. The van der Waals surface area contributed by atoms with E-state index in [1.165, 1.54) is 18.2 Å². The van der Waals surface area contributed by atoms with Crippen molar-refractivity contribution in [3.05, 3.63) is 101 Å². The van der Waals surface area contributed by atoms with Gasteiger partial charge in [0.05, 0.1) is 23.7 Å². The molecule has 0 saturated carbocycles. The van der Waals surface area contributed by atoms with Crippen LogP contribution in [0.5, 0.6) is 0 Å². The van der Waals surface area contributed by atoms with Crippen molar-refractivity contribution in [2.75, 3.05) is 6.54 Å². The van der Waals surface area contributed by atoms with Crippen molar-refractivity contribution < 1.29 is 22.4 Å². The van der Waals surface area contributed by atoms with Crippen LogP contribution in [-0.4, -0.2) is 22.3 Å². The van der Waals surface area contributed by atoms with Crippen molar-refractivity contribution in [1.82, 2.24) is 9.88 Å². The first kappa shape index (κ1) is 22.0. The molecule has 1 aromatic heterocycles. The van der Waals surface area contributed by atoms with Crippen LogP contribution in [0, 0.1) is 5.82 Å². The predicted molar refractivity (Wildman–Crippen MR) is 112 cm³/mol. The molecule has 0 spiro atoms. The summed E-state index contributed by atoms with van der Waals surface area (Å²) < 4.78 is 51.9. The van der Waals surface area contributed by atoms with Gasteiger partial charge in [0.2, 0.25) is 5.91 Å². The molecule has 0 aliphatic carbocycles. The molecule has 166 valence electrons. The molecule has 32 heavy (non-hydrogen) atoms. The van der Waals surface area contributed by atoms with E-state index in [1.54, 1.807) is 29.3 Å². The molecule has 1 aliphatic heterocycles. The number of nitrogens with zero attached hydrogens (tertiary/aromatic N) is 2. The van der Waals surface area contributed by atoms with E-state index in [0.717, 1.165) is 41.8 Å². The van der Waals surface area contributed by atoms with Gasteiger partial charge in [-0.1, -0.05) is 36.4 Å². The fraction of sp³-hybridized carbons (Fsp3) is 0.280. The smallest absolute Gasteiger partial charge is 0.334 e. The predicted octanol–water partition coefficient (Wildman–Crippen LogP) is 5.74. The lowest BCUT2D eigenvalue weighted by molar-refractivity contribution is -0.137. The Kier molecular flexibility index (Phi) is 6.26. The Balaban J connectivity index is 1.44. The average Bonchev–Trinajstić information content (AvgIpc) is 3.26. The van der Waals surface area contributed by atoms with Gasteiger partial charge in [-0.2, -0.15) is 13.2 Å². The third kappa shape index (κ3) is 5.15. The Morgan fingerprint density at radius 1 is 1.00 bits per heavy atom. The number of pyridine rings is 1. The highest BCUT2D eigenvalue weighted by molar-refractivity contribution is 5.79. The van der Waals surface area contributed by atoms with Gasteiger partial charge in [0.25, 0.3) is 0 Å².